The molecule has 0 spiro atoms. The van der Waals surface area contributed by atoms with Crippen molar-refractivity contribution in [1.82, 2.24) is 14.6 Å². The molecule has 1 aliphatic rings. The molecule has 13 heteroatoms. The summed E-state index contributed by atoms with van der Waals surface area (Å²) < 4.78 is 73.1. The van der Waals surface area contributed by atoms with Crippen LogP contribution >= 0.6 is 27.3 Å². The van der Waals surface area contributed by atoms with Crippen molar-refractivity contribution in [1.29, 1.82) is 0 Å². The molecule has 180 valence electrons. The van der Waals surface area contributed by atoms with E-state index < -0.39 is 22.7 Å². The van der Waals surface area contributed by atoms with Gasteiger partial charge in [-0.25, -0.2) is 18.1 Å². The van der Waals surface area contributed by atoms with Crippen LogP contribution in [0.1, 0.15) is 18.6 Å². The number of hydrogen-bond acceptors (Lipinski definition) is 7. The Bertz CT molecular complexity index is 1220. The second kappa shape index (κ2) is 9.53. The molecule has 0 amide bonds. The first-order valence-corrected chi connectivity index (χ1v) is 13.3. The maximum absolute atomic E-state index is 12.8. The standard InChI is InChI=1S/C20H22BrF3N4O3S2/c1-27(11-14-4-7-18(21)31-14)19-26-16-10-15(5-6-17(16)32-19)33(29,30)25-8-9-28(13-2-3-13)12-20(22,23)24/h4-7,10,13,25H,2-3,8-9,11-12H2,1H3. The smallest absolute Gasteiger partial charge is 0.401 e. The number of fused-ring (bicyclic) bond motifs is 1. The van der Waals surface area contributed by atoms with Crippen molar-refractivity contribution in [3.8, 4) is 0 Å². The van der Waals surface area contributed by atoms with Gasteiger partial charge in [-0.2, -0.15) is 13.2 Å². The van der Waals surface area contributed by atoms with Crippen LogP contribution in [-0.4, -0.2) is 57.2 Å². The third kappa shape index (κ3) is 6.47. The molecule has 0 aliphatic heterocycles. The molecule has 33 heavy (non-hydrogen) atoms. The Hall–Kier alpha value is -1.67. The Morgan fingerprint density at radius 3 is 2.67 bits per heavy atom. The minimum Gasteiger partial charge on any atom is -0.452 e. The number of nitrogens with zero attached hydrogens (tertiary/aromatic N) is 3. The summed E-state index contributed by atoms with van der Waals surface area (Å²) in [6.45, 7) is -0.639. The van der Waals surface area contributed by atoms with Gasteiger partial charge in [-0.15, -0.1) is 0 Å². The monoisotopic (exact) mass is 566 g/mol. The summed E-state index contributed by atoms with van der Waals surface area (Å²) in [4.78, 5) is 7.74. The van der Waals surface area contributed by atoms with E-state index in [1.807, 2.05) is 18.0 Å². The van der Waals surface area contributed by atoms with Crippen LogP contribution in [0.5, 0.6) is 0 Å². The predicted octanol–water partition coefficient (Wildman–Crippen LogP) is 4.59. The van der Waals surface area contributed by atoms with E-state index in [1.54, 1.807) is 12.1 Å². The zero-order chi connectivity index (χ0) is 23.8. The Morgan fingerprint density at radius 2 is 2.03 bits per heavy atom. The summed E-state index contributed by atoms with van der Waals surface area (Å²) in [6, 6.07) is 8.17. The summed E-state index contributed by atoms with van der Waals surface area (Å²) in [5.41, 5.74) is 0.530. The molecule has 1 aromatic carbocycles. The zero-order valence-corrected chi connectivity index (χ0v) is 20.8. The predicted molar refractivity (Wildman–Crippen MR) is 124 cm³/mol. The summed E-state index contributed by atoms with van der Waals surface area (Å²) in [5.74, 6) is 0.752. The van der Waals surface area contributed by atoms with Crippen molar-refractivity contribution in [2.24, 2.45) is 0 Å². The molecule has 2 heterocycles. The fourth-order valence-electron chi connectivity index (χ4n) is 3.43. The second-order valence-electron chi connectivity index (χ2n) is 7.90. The largest absolute Gasteiger partial charge is 0.452 e. The molecule has 3 aromatic rings. The number of furan rings is 1. The maximum Gasteiger partial charge on any atom is 0.401 e. The van der Waals surface area contributed by atoms with Gasteiger partial charge in [0, 0.05) is 26.2 Å². The minimum absolute atomic E-state index is 0.000187. The lowest BCUT2D eigenvalue weighted by Gasteiger charge is -2.23. The summed E-state index contributed by atoms with van der Waals surface area (Å²) in [7, 11) is -2.02. The Balaban J connectivity index is 1.41. The van der Waals surface area contributed by atoms with Crippen LogP contribution in [0.3, 0.4) is 0 Å². The number of anilines is 1. The lowest BCUT2D eigenvalue weighted by atomic mass is 10.3. The molecule has 2 aromatic heterocycles. The van der Waals surface area contributed by atoms with Crippen LogP contribution in [0.4, 0.5) is 18.3 Å². The molecule has 0 atom stereocenters. The summed E-state index contributed by atoms with van der Waals surface area (Å²) >= 11 is 4.69. The molecule has 0 saturated heterocycles. The third-order valence-corrected chi connectivity index (χ3v) is 8.18. The Labute approximate surface area is 201 Å². The topological polar surface area (TPSA) is 78.7 Å². The summed E-state index contributed by atoms with van der Waals surface area (Å²) in [6.07, 6.45) is -2.90. The molecule has 1 N–H and O–H groups in total. The van der Waals surface area contributed by atoms with Crippen molar-refractivity contribution in [2.75, 3.05) is 31.6 Å². The number of sulfonamides is 1. The van der Waals surface area contributed by atoms with E-state index in [0.717, 1.165) is 10.5 Å². The number of nitrogens with one attached hydrogen (secondary N) is 1. The van der Waals surface area contributed by atoms with Crippen molar-refractivity contribution < 1.29 is 26.0 Å². The van der Waals surface area contributed by atoms with Gasteiger partial charge in [0.1, 0.15) is 5.76 Å². The highest BCUT2D eigenvalue weighted by Gasteiger charge is 2.37. The quantitative estimate of drug-likeness (QED) is 0.386. The van der Waals surface area contributed by atoms with Crippen LogP contribution < -0.4 is 9.62 Å². The average molecular weight is 567 g/mol. The van der Waals surface area contributed by atoms with Gasteiger partial charge >= 0.3 is 6.18 Å². The van der Waals surface area contributed by atoms with E-state index in [0.29, 0.717) is 34.7 Å². The highest BCUT2D eigenvalue weighted by molar-refractivity contribution is 9.10. The molecule has 0 bridgehead atoms. The van der Waals surface area contributed by atoms with Crippen LogP contribution in [0, 0.1) is 0 Å². The number of aromatic nitrogens is 1. The van der Waals surface area contributed by atoms with E-state index in [4.69, 9.17) is 4.42 Å². The fraction of sp³-hybridized carbons (Fsp3) is 0.450. The Morgan fingerprint density at radius 1 is 1.27 bits per heavy atom. The first-order chi connectivity index (χ1) is 15.5. The van der Waals surface area contributed by atoms with Crippen molar-refractivity contribution in [3.63, 3.8) is 0 Å². The molecule has 1 aliphatic carbocycles. The van der Waals surface area contributed by atoms with E-state index in [-0.39, 0.29) is 24.0 Å². The number of halogens is 4. The first kappa shape index (κ1) is 24.5. The molecule has 0 unspecified atom stereocenters. The minimum atomic E-state index is -4.31. The van der Waals surface area contributed by atoms with Crippen LogP contribution in [0.15, 0.2) is 44.3 Å². The molecular formula is C20H22BrF3N4O3S2. The normalized spacial score (nSPS) is 15.0. The lowest BCUT2D eigenvalue weighted by Crippen LogP contribution is -2.41. The van der Waals surface area contributed by atoms with Gasteiger partial charge in [0.2, 0.25) is 10.0 Å². The van der Waals surface area contributed by atoms with Gasteiger partial charge in [0.15, 0.2) is 9.80 Å². The molecule has 4 rings (SSSR count). The van der Waals surface area contributed by atoms with Gasteiger partial charge < -0.3 is 9.32 Å². The highest BCUT2D eigenvalue weighted by Crippen LogP contribution is 2.31. The maximum atomic E-state index is 12.8. The van der Waals surface area contributed by atoms with Gasteiger partial charge in [-0.3, -0.25) is 4.90 Å². The van der Waals surface area contributed by atoms with Crippen LogP contribution in [0.2, 0.25) is 0 Å². The lowest BCUT2D eigenvalue weighted by molar-refractivity contribution is -0.146. The molecule has 1 fully saturated rings. The zero-order valence-electron chi connectivity index (χ0n) is 17.6. The third-order valence-electron chi connectivity index (χ3n) is 5.14. The summed E-state index contributed by atoms with van der Waals surface area (Å²) in [5, 5.41) is 0.701. The first-order valence-electron chi connectivity index (χ1n) is 10.2. The second-order valence-corrected chi connectivity index (χ2v) is 11.5. The fourth-order valence-corrected chi connectivity index (χ4v) is 5.72. The van der Waals surface area contributed by atoms with Crippen molar-refractivity contribution in [2.45, 2.75) is 36.5 Å². The van der Waals surface area contributed by atoms with Crippen molar-refractivity contribution >= 4 is 52.6 Å². The molecule has 7 nitrogen and oxygen atoms in total. The molecule has 0 radical (unpaired) electrons. The average Bonchev–Trinajstić information content (AvgIpc) is 3.35. The number of benzene rings is 1. The number of rotatable bonds is 10. The molecular weight excluding hydrogens is 545 g/mol. The van der Waals surface area contributed by atoms with Gasteiger partial charge in [-0.1, -0.05) is 11.3 Å². The van der Waals surface area contributed by atoms with Gasteiger partial charge in [-0.05, 0) is 59.1 Å². The number of thiazole rings is 1. The van der Waals surface area contributed by atoms with E-state index in [9.17, 15) is 21.6 Å². The van der Waals surface area contributed by atoms with Crippen LogP contribution in [0.25, 0.3) is 10.2 Å². The number of hydrogen-bond donors (Lipinski definition) is 1. The van der Waals surface area contributed by atoms with E-state index >= 15 is 0 Å². The number of alkyl halides is 3. The highest BCUT2D eigenvalue weighted by atomic mass is 79.9. The van der Waals surface area contributed by atoms with Gasteiger partial charge in [0.25, 0.3) is 0 Å². The van der Waals surface area contributed by atoms with E-state index in [1.165, 1.54) is 28.4 Å². The molecule has 1 saturated carbocycles. The SMILES string of the molecule is CN(Cc1ccc(Br)o1)c1nc2cc(S(=O)(=O)NCCN(CC(F)(F)F)C3CC3)ccc2s1. The Kier molecular flexibility index (Phi) is 7.06. The van der Waals surface area contributed by atoms with Crippen LogP contribution in [-0.2, 0) is 16.6 Å². The van der Waals surface area contributed by atoms with Gasteiger partial charge in [0.05, 0.1) is 28.2 Å². The van der Waals surface area contributed by atoms with E-state index in [2.05, 4.69) is 25.6 Å². The van der Waals surface area contributed by atoms with Crippen molar-refractivity contribution in [3.05, 3.63) is 40.8 Å².